The van der Waals surface area contributed by atoms with E-state index in [2.05, 4.69) is 33.1 Å². The van der Waals surface area contributed by atoms with Crippen LogP contribution in [0.3, 0.4) is 0 Å². The third-order valence-corrected chi connectivity index (χ3v) is 3.13. The van der Waals surface area contributed by atoms with E-state index in [4.69, 9.17) is 0 Å². The Labute approximate surface area is 70.1 Å². The zero-order chi connectivity index (χ0) is 5.91. The zero-order valence-electron chi connectivity index (χ0n) is 4.38. The summed E-state index contributed by atoms with van der Waals surface area (Å²) in [5, 5.41) is 0. The third kappa shape index (κ3) is 5.57. The molecule has 0 N–H and O–H groups in total. The van der Waals surface area contributed by atoms with E-state index in [1.54, 1.807) is 0 Å². The summed E-state index contributed by atoms with van der Waals surface area (Å²) in [5.41, 5.74) is -2.24. The van der Waals surface area contributed by atoms with Gasteiger partial charge in [0, 0.05) is 14.2 Å². The van der Waals surface area contributed by atoms with Crippen LogP contribution in [0, 0.1) is 0 Å². The number of rotatable bonds is 2. The van der Waals surface area contributed by atoms with E-state index in [0.29, 0.717) is 0 Å². The average molecular weight is 221 g/mol. The van der Waals surface area contributed by atoms with Gasteiger partial charge in [0.2, 0.25) is 0 Å². The molecule has 0 amide bonds. The first-order valence-corrected chi connectivity index (χ1v) is 5.20. The molecular formula is C2H6CuO2PS2+. The van der Waals surface area contributed by atoms with Crippen LogP contribution in [0.4, 0.5) is 0 Å². The van der Waals surface area contributed by atoms with Crippen LogP contribution in [0.25, 0.3) is 0 Å². The van der Waals surface area contributed by atoms with Gasteiger partial charge in [0.1, 0.15) is 0 Å². The van der Waals surface area contributed by atoms with Crippen LogP contribution in [-0.4, -0.2) is 14.2 Å². The Morgan fingerprint density at radius 2 is 1.62 bits per heavy atom. The minimum Gasteiger partial charge on any atom is -0.691 e. The van der Waals surface area contributed by atoms with Crippen molar-refractivity contribution in [3.63, 3.8) is 0 Å². The maximum absolute atomic E-state index is 4.63. The first-order chi connectivity index (χ1) is 3.12. The molecule has 0 saturated carbocycles. The molecule has 8 heavy (non-hydrogen) atoms. The van der Waals surface area contributed by atoms with Crippen molar-refractivity contribution in [2.75, 3.05) is 14.2 Å². The SMILES string of the molecule is COP(=S)([S-])OC.[Cu+2]. The summed E-state index contributed by atoms with van der Waals surface area (Å²) in [6.07, 6.45) is 0. The van der Waals surface area contributed by atoms with Gasteiger partial charge in [-0.3, -0.25) is 0 Å². The van der Waals surface area contributed by atoms with Gasteiger partial charge >= 0.3 is 17.1 Å². The molecule has 0 aliphatic rings. The second-order valence-electron chi connectivity index (χ2n) is 0.812. The predicted molar refractivity (Wildman–Crippen MR) is 35.7 cm³/mol. The monoisotopic (exact) mass is 220 g/mol. The fraction of sp³-hybridized carbons (Fsp3) is 1.00. The van der Waals surface area contributed by atoms with Crippen LogP contribution < -0.4 is 0 Å². The second-order valence-corrected chi connectivity index (χ2v) is 6.01. The van der Waals surface area contributed by atoms with Crippen LogP contribution in [0.15, 0.2) is 0 Å². The van der Waals surface area contributed by atoms with Gasteiger partial charge in [0.25, 0.3) is 0 Å². The predicted octanol–water partition coefficient (Wildman–Crippen LogP) is 1.05. The molecular weight excluding hydrogens is 215 g/mol. The van der Waals surface area contributed by atoms with Gasteiger partial charge in [0.15, 0.2) is 0 Å². The normalized spacial score (nSPS) is 10.4. The third-order valence-electron chi connectivity index (χ3n) is 0.447. The van der Waals surface area contributed by atoms with E-state index in [0.717, 1.165) is 0 Å². The molecule has 0 atom stereocenters. The van der Waals surface area contributed by atoms with E-state index < -0.39 is 5.69 Å². The van der Waals surface area contributed by atoms with Crippen LogP contribution in [0.5, 0.6) is 0 Å². The van der Waals surface area contributed by atoms with Crippen molar-refractivity contribution in [3.05, 3.63) is 0 Å². The maximum atomic E-state index is 4.63. The molecule has 0 heterocycles. The van der Waals surface area contributed by atoms with Gasteiger partial charge < -0.3 is 21.3 Å². The van der Waals surface area contributed by atoms with Gasteiger partial charge in [-0.2, -0.15) is 0 Å². The van der Waals surface area contributed by atoms with Crippen LogP contribution >= 0.6 is 5.69 Å². The smallest absolute Gasteiger partial charge is 0.691 e. The summed E-state index contributed by atoms with van der Waals surface area (Å²) in [5.74, 6) is 0. The molecule has 0 bridgehead atoms. The fourth-order valence-corrected chi connectivity index (χ4v) is 0.224. The summed E-state index contributed by atoms with van der Waals surface area (Å²) >= 11 is 9.25. The van der Waals surface area contributed by atoms with E-state index in [1.807, 2.05) is 0 Å². The molecule has 0 aromatic heterocycles. The van der Waals surface area contributed by atoms with Gasteiger partial charge in [-0.05, 0) is 0 Å². The molecule has 0 aromatic carbocycles. The summed E-state index contributed by atoms with van der Waals surface area (Å²) < 4.78 is 9.21. The van der Waals surface area contributed by atoms with E-state index >= 15 is 0 Å². The van der Waals surface area contributed by atoms with E-state index in [9.17, 15) is 0 Å². The van der Waals surface area contributed by atoms with Crippen molar-refractivity contribution in [2.24, 2.45) is 0 Å². The first-order valence-electron chi connectivity index (χ1n) is 1.55. The van der Waals surface area contributed by atoms with Crippen molar-refractivity contribution >= 4 is 29.7 Å². The molecule has 2 nitrogen and oxygen atoms in total. The van der Waals surface area contributed by atoms with Gasteiger partial charge in [0.05, 0.1) is 5.69 Å². The molecule has 0 fully saturated rings. The Hall–Kier alpha value is 1.44. The minimum absolute atomic E-state index is 0. The Kier molecular flexibility index (Phi) is 7.96. The fourth-order valence-electron chi connectivity index (χ4n) is 0.0745. The van der Waals surface area contributed by atoms with Crippen LogP contribution in [0.1, 0.15) is 0 Å². The van der Waals surface area contributed by atoms with E-state index in [-0.39, 0.29) is 17.1 Å². The Balaban J connectivity index is 0. The number of hydrogen-bond donors (Lipinski definition) is 0. The maximum Gasteiger partial charge on any atom is 2.00 e. The molecule has 0 rings (SSSR count). The van der Waals surface area contributed by atoms with Crippen molar-refractivity contribution < 1.29 is 26.1 Å². The standard InChI is InChI=1S/C2H7O2PS2.Cu/c1-3-5(6,7)4-2;/h1-2H3,(H,6,7);/q;+2/p-1. The molecule has 0 spiro atoms. The molecule has 1 radical (unpaired) electrons. The van der Waals surface area contributed by atoms with E-state index in [1.165, 1.54) is 14.2 Å². The van der Waals surface area contributed by atoms with Crippen LogP contribution in [-0.2, 0) is 50.2 Å². The molecule has 53 valence electrons. The summed E-state index contributed by atoms with van der Waals surface area (Å²) in [4.78, 5) is 0. The quantitative estimate of drug-likeness (QED) is 0.393. The van der Waals surface area contributed by atoms with Crippen molar-refractivity contribution in [2.45, 2.75) is 0 Å². The average Bonchev–Trinajstić information content (AvgIpc) is 1.68. The second kappa shape index (κ2) is 5.24. The number of hydrogen-bond acceptors (Lipinski definition) is 4. The Bertz CT molecular complexity index is 90.0. The largest absolute Gasteiger partial charge is 2.00 e. The molecule has 0 aliphatic carbocycles. The Morgan fingerprint density at radius 3 is 1.62 bits per heavy atom. The molecule has 0 unspecified atom stereocenters. The minimum atomic E-state index is -2.24. The molecule has 0 aromatic rings. The first kappa shape index (κ1) is 12.1. The zero-order valence-corrected chi connectivity index (χ0v) is 7.85. The van der Waals surface area contributed by atoms with Crippen molar-refractivity contribution in [1.29, 1.82) is 0 Å². The van der Waals surface area contributed by atoms with Crippen molar-refractivity contribution in [3.8, 4) is 0 Å². The van der Waals surface area contributed by atoms with Gasteiger partial charge in [-0.1, -0.05) is 11.8 Å². The van der Waals surface area contributed by atoms with Gasteiger partial charge in [-0.25, -0.2) is 0 Å². The van der Waals surface area contributed by atoms with Crippen molar-refractivity contribution in [1.82, 2.24) is 0 Å². The summed E-state index contributed by atoms with van der Waals surface area (Å²) in [6.45, 7) is 0. The molecule has 0 saturated heterocycles. The molecule has 0 aliphatic heterocycles. The van der Waals surface area contributed by atoms with Gasteiger partial charge in [-0.15, -0.1) is 0 Å². The Morgan fingerprint density at radius 1 is 1.38 bits per heavy atom. The topological polar surface area (TPSA) is 18.5 Å². The van der Waals surface area contributed by atoms with Crippen LogP contribution in [0.2, 0.25) is 0 Å². The summed E-state index contributed by atoms with van der Waals surface area (Å²) in [6, 6.07) is 0. The molecule has 6 heteroatoms. The summed E-state index contributed by atoms with van der Waals surface area (Å²) in [7, 11) is 2.91.